The Morgan fingerprint density at radius 1 is 0.833 bits per heavy atom. The summed E-state index contributed by atoms with van der Waals surface area (Å²) in [6.45, 7) is 2.44. The molecule has 2 aliphatic rings. The molecule has 6 rings (SSSR count). The number of rotatable bonds is 14. The molecule has 0 radical (unpaired) electrons. The fraction of sp³-hybridized carbons (Fsp3) is 0.400. The molecule has 252 valence electrons. The molecule has 4 aromatic rings. The topological polar surface area (TPSA) is 132 Å². The fourth-order valence-electron chi connectivity index (χ4n) is 6.21. The smallest absolute Gasteiger partial charge is 0.237 e. The highest BCUT2D eigenvalue weighted by molar-refractivity contribution is 6.39. The van der Waals surface area contributed by atoms with Gasteiger partial charge in [0.2, 0.25) is 17.7 Å². The maximum Gasteiger partial charge on any atom is 0.237 e. The SMILES string of the molecule is COCC1CC(NCc2ncc(-c3cccc(-c4cccc(-c5cnc(CNC[C@@H]6CCC(=O)N6)c(OC)n5)c4Cl)c3Cl)nc2OC)C1. The molecule has 3 heterocycles. The minimum Gasteiger partial charge on any atom is -0.480 e. The average Bonchev–Trinajstić information content (AvgIpc) is 3.50. The van der Waals surface area contributed by atoms with Gasteiger partial charge in [-0.1, -0.05) is 59.6 Å². The number of ether oxygens (including phenoxy) is 3. The molecule has 11 nitrogen and oxygen atoms in total. The summed E-state index contributed by atoms with van der Waals surface area (Å²) in [5.74, 6) is 1.54. The zero-order valence-electron chi connectivity index (χ0n) is 27.2. The van der Waals surface area contributed by atoms with Gasteiger partial charge in [0.15, 0.2) is 0 Å². The molecule has 2 aromatic carbocycles. The Kier molecular flexibility index (Phi) is 11.0. The first-order valence-electron chi connectivity index (χ1n) is 16.0. The molecule has 1 saturated carbocycles. The molecule has 48 heavy (non-hydrogen) atoms. The minimum atomic E-state index is 0.0861. The number of halogens is 2. The predicted molar refractivity (Wildman–Crippen MR) is 185 cm³/mol. The van der Waals surface area contributed by atoms with Gasteiger partial charge in [-0.15, -0.1) is 0 Å². The second-order valence-electron chi connectivity index (χ2n) is 12.1. The fourth-order valence-corrected chi connectivity index (χ4v) is 6.86. The van der Waals surface area contributed by atoms with Crippen LogP contribution in [0.1, 0.15) is 37.1 Å². The van der Waals surface area contributed by atoms with E-state index in [1.165, 1.54) is 0 Å². The monoisotopic (exact) mass is 691 g/mol. The molecular weight excluding hydrogens is 653 g/mol. The van der Waals surface area contributed by atoms with Gasteiger partial charge in [-0.05, 0) is 25.2 Å². The van der Waals surface area contributed by atoms with E-state index in [1.54, 1.807) is 33.7 Å². The highest BCUT2D eigenvalue weighted by Gasteiger charge is 2.29. The highest BCUT2D eigenvalue weighted by atomic mass is 35.5. The van der Waals surface area contributed by atoms with Crippen molar-refractivity contribution in [2.45, 2.75) is 50.9 Å². The third kappa shape index (κ3) is 7.55. The van der Waals surface area contributed by atoms with Crippen molar-refractivity contribution in [1.82, 2.24) is 35.9 Å². The predicted octanol–water partition coefficient (Wildman–Crippen LogP) is 5.47. The van der Waals surface area contributed by atoms with Crippen molar-refractivity contribution in [3.8, 4) is 45.4 Å². The molecule has 13 heteroatoms. The minimum absolute atomic E-state index is 0.0861. The summed E-state index contributed by atoms with van der Waals surface area (Å²) in [4.78, 5) is 30.3. The lowest BCUT2D eigenvalue weighted by Gasteiger charge is -2.35. The summed E-state index contributed by atoms with van der Waals surface area (Å²) in [5.41, 5.74) is 5.42. The van der Waals surface area contributed by atoms with Crippen LogP contribution < -0.4 is 25.4 Å². The van der Waals surface area contributed by atoms with Crippen molar-refractivity contribution in [2.75, 3.05) is 34.5 Å². The van der Waals surface area contributed by atoms with Crippen LogP contribution in [0.3, 0.4) is 0 Å². The Morgan fingerprint density at radius 2 is 1.40 bits per heavy atom. The maximum absolute atomic E-state index is 11.5. The molecule has 1 amide bonds. The molecule has 0 spiro atoms. The lowest BCUT2D eigenvalue weighted by molar-refractivity contribution is -0.119. The summed E-state index contributed by atoms with van der Waals surface area (Å²) in [6, 6.07) is 12.0. The molecule has 2 fully saturated rings. The molecule has 1 aliphatic heterocycles. The van der Waals surface area contributed by atoms with Crippen LogP contribution in [0.25, 0.3) is 33.6 Å². The number of nitrogens with zero attached hydrogens (tertiary/aromatic N) is 4. The third-order valence-corrected chi connectivity index (χ3v) is 9.63. The van der Waals surface area contributed by atoms with Gasteiger partial charge in [0.25, 0.3) is 0 Å². The number of amides is 1. The number of benzene rings is 2. The molecule has 1 atom stereocenters. The Labute approximate surface area is 290 Å². The van der Waals surface area contributed by atoms with Crippen LogP contribution in [0.4, 0.5) is 0 Å². The van der Waals surface area contributed by atoms with Crippen LogP contribution in [-0.2, 0) is 22.6 Å². The van der Waals surface area contributed by atoms with Crippen LogP contribution in [-0.4, -0.2) is 72.4 Å². The summed E-state index contributed by atoms with van der Waals surface area (Å²) in [7, 11) is 4.90. The lowest BCUT2D eigenvalue weighted by atomic mass is 9.81. The zero-order chi connectivity index (χ0) is 33.6. The van der Waals surface area contributed by atoms with Crippen molar-refractivity contribution in [2.24, 2.45) is 5.92 Å². The average molecular weight is 693 g/mol. The van der Waals surface area contributed by atoms with Crippen molar-refractivity contribution in [1.29, 1.82) is 0 Å². The second-order valence-corrected chi connectivity index (χ2v) is 12.8. The molecule has 0 bridgehead atoms. The van der Waals surface area contributed by atoms with Crippen LogP contribution in [0.5, 0.6) is 11.8 Å². The largest absolute Gasteiger partial charge is 0.480 e. The number of aromatic nitrogens is 4. The Balaban J connectivity index is 1.20. The van der Waals surface area contributed by atoms with E-state index in [1.807, 2.05) is 36.4 Å². The number of carbonyl (C=O) groups is 1. The summed E-state index contributed by atoms with van der Waals surface area (Å²) >= 11 is 14.1. The van der Waals surface area contributed by atoms with Gasteiger partial charge in [-0.3, -0.25) is 14.8 Å². The Bertz CT molecular complexity index is 1770. The van der Waals surface area contributed by atoms with Crippen LogP contribution in [0.2, 0.25) is 10.0 Å². The number of hydrogen-bond acceptors (Lipinski definition) is 10. The number of carbonyl (C=O) groups excluding carboxylic acids is 1. The van der Waals surface area contributed by atoms with Crippen molar-refractivity contribution in [3.63, 3.8) is 0 Å². The van der Waals surface area contributed by atoms with Gasteiger partial charge in [-0.2, -0.15) is 0 Å². The Hall–Kier alpha value is -3.87. The van der Waals surface area contributed by atoms with Crippen LogP contribution >= 0.6 is 23.2 Å². The molecule has 0 unspecified atom stereocenters. The van der Waals surface area contributed by atoms with E-state index in [9.17, 15) is 4.79 Å². The van der Waals surface area contributed by atoms with Gasteiger partial charge < -0.3 is 30.2 Å². The van der Waals surface area contributed by atoms with E-state index in [2.05, 4.69) is 25.9 Å². The summed E-state index contributed by atoms with van der Waals surface area (Å²) in [6.07, 6.45) is 6.95. The van der Waals surface area contributed by atoms with E-state index in [0.717, 1.165) is 42.7 Å². The van der Waals surface area contributed by atoms with Gasteiger partial charge in [0, 0.05) is 74.1 Å². The first-order chi connectivity index (χ1) is 23.4. The van der Waals surface area contributed by atoms with Gasteiger partial charge in [0.1, 0.15) is 11.4 Å². The molecular formula is C35H39Cl2N7O4. The maximum atomic E-state index is 11.5. The van der Waals surface area contributed by atoms with Crippen LogP contribution in [0.15, 0.2) is 48.8 Å². The van der Waals surface area contributed by atoms with Crippen molar-refractivity contribution < 1.29 is 19.0 Å². The molecule has 1 saturated heterocycles. The highest BCUT2D eigenvalue weighted by Crippen LogP contribution is 2.42. The van der Waals surface area contributed by atoms with Crippen molar-refractivity contribution >= 4 is 29.1 Å². The zero-order valence-corrected chi connectivity index (χ0v) is 28.7. The molecule has 2 aromatic heterocycles. The normalized spacial score (nSPS) is 18.8. The molecule has 1 aliphatic carbocycles. The number of hydrogen-bond donors (Lipinski definition) is 3. The van der Waals surface area contributed by atoms with E-state index in [4.69, 9.17) is 47.4 Å². The van der Waals surface area contributed by atoms with Gasteiger partial charge >= 0.3 is 0 Å². The van der Waals surface area contributed by atoms with E-state index in [0.29, 0.717) is 88.0 Å². The van der Waals surface area contributed by atoms with E-state index in [-0.39, 0.29) is 11.9 Å². The van der Waals surface area contributed by atoms with Gasteiger partial charge in [-0.25, -0.2) is 9.97 Å². The van der Waals surface area contributed by atoms with E-state index < -0.39 is 0 Å². The first-order valence-corrected chi connectivity index (χ1v) is 16.7. The quantitative estimate of drug-likeness (QED) is 0.156. The summed E-state index contributed by atoms with van der Waals surface area (Å²) < 4.78 is 16.5. The Morgan fingerprint density at radius 3 is 1.92 bits per heavy atom. The lowest BCUT2D eigenvalue weighted by Crippen LogP contribution is -2.42. The summed E-state index contributed by atoms with van der Waals surface area (Å²) in [5, 5.41) is 10.8. The van der Waals surface area contributed by atoms with E-state index >= 15 is 0 Å². The van der Waals surface area contributed by atoms with Gasteiger partial charge in [0.05, 0.1) is 48.0 Å². The standard InChI is InChI=1S/C35H39Cl2N7O4/c1-46-19-20-12-22(13-20)39-18-30-35(48-3)44-28(17-41-30)26-9-5-7-24(33(26)37)23-6-4-8-25(32(23)36)27-16-40-29(34(43-27)47-2)15-38-14-21-10-11-31(45)42-21/h4-9,16-17,20-22,38-39H,10-15,18-19H2,1-3H3,(H,42,45)/t20?,21-,22?/m0/s1. The molecule has 3 N–H and O–H groups in total. The first kappa shape index (κ1) is 34.0. The van der Waals surface area contributed by atoms with Crippen LogP contribution in [0, 0.1) is 5.92 Å². The third-order valence-electron chi connectivity index (χ3n) is 8.81. The number of nitrogens with one attached hydrogen (secondary N) is 3. The number of methoxy groups -OCH3 is 3. The van der Waals surface area contributed by atoms with Crippen molar-refractivity contribution in [3.05, 3.63) is 70.2 Å². The second kappa shape index (κ2) is 15.6.